The molecule has 0 fully saturated rings. The number of alkyl halides is 3. The number of hydrogen-bond acceptors (Lipinski definition) is 4. The Bertz CT molecular complexity index is 376. The largest absolute Gasteiger partial charge is 0.411 e. The van der Waals surface area contributed by atoms with E-state index in [1.807, 2.05) is 6.92 Å². The molecular weight excluding hydrogens is 253 g/mol. The third kappa shape index (κ3) is 3.17. The average Bonchev–Trinajstić information content (AvgIpc) is 2.64. The van der Waals surface area contributed by atoms with Gasteiger partial charge in [-0.05, 0) is 13.8 Å². The maximum atomic E-state index is 12.7. The summed E-state index contributed by atoms with van der Waals surface area (Å²) in [5, 5.41) is 1.95. The molecular formula is C10H15F3N2OS. The lowest BCUT2D eigenvalue weighted by molar-refractivity contribution is -0.185. The molecule has 3 nitrogen and oxygen atoms in total. The topological polar surface area (TPSA) is 48.1 Å². The van der Waals surface area contributed by atoms with Crippen LogP contribution in [0.1, 0.15) is 24.5 Å². The number of thiazole rings is 1. The van der Waals surface area contributed by atoms with Crippen molar-refractivity contribution in [3.8, 4) is 0 Å². The van der Waals surface area contributed by atoms with E-state index in [0.29, 0.717) is 11.4 Å². The van der Waals surface area contributed by atoms with Crippen molar-refractivity contribution >= 4 is 11.3 Å². The fraction of sp³-hybridized carbons (Fsp3) is 0.700. The van der Waals surface area contributed by atoms with Gasteiger partial charge in [0, 0.05) is 18.9 Å². The summed E-state index contributed by atoms with van der Waals surface area (Å²) >= 11 is 1.17. The molecule has 0 spiro atoms. The molecule has 0 amide bonds. The molecule has 17 heavy (non-hydrogen) atoms. The number of aromatic nitrogens is 1. The SMILES string of the molecule is COC(C)Cc1nc(C(C)(N)C(F)(F)F)cs1. The van der Waals surface area contributed by atoms with Gasteiger partial charge in [-0.1, -0.05) is 0 Å². The molecule has 98 valence electrons. The Labute approximate surface area is 102 Å². The van der Waals surface area contributed by atoms with E-state index < -0.39 is 11.7 Å². The molecule has 7 heteroatoms. The summed E-state index contributed by atoms with van der Waals surface area (Å²) in [5.41, 5.74) is 2.73. The predicted octanol–water partition coefficient (Wildman–Crippen LogP) is 2.46. The second-order valence-electron chi connectivity index (χ2n) is 4.08. The van der Waals surface area contributed by atoms with Gasteiger partial charge < -0.3 is 10.5 Å². The average molecular weight is 268 g/mol. The molecule has 0 bridgehead atoms. The maximum absolute atomic E-state index is 12.7. The molecule has 0 aliphatic heterocycles. The van der Waals surface area contributed by atoms with Gasteiger partial charge in [0.05, 0.1) is 16.8 Å². The number of methoxy groups -OCH3 is 1. The van der Waals surface area contributed by atoms with Gasteiger partial charge in [-0.25, -0.2) is 4.98 Å². The molecule has 0 aliphatic carbocycles. The van der Waals surface area contributed by atoms with Crippen molar-refractivity contribution in [2.24, 2.45) is 5.73 Å². The van der Waals surface area contributed by atoms with E-state index in [9.17, 15) is 13.2 Å². The van der Waals surface area contributed by atoms with Crippen LogP contribution in [-0.4, -0.2) is 24.4 Å². The molecule has 0 aromatic carbocycles. The van der Waals surface area contributed by atoms with E-state index in [-0.39, 0.29) is 11.8 Å². The third-order valence-electron chi connectivity index (χ3n) is 2.54. The summed E-state index contributed by atoms with van der Waals surface area (Å²) in [7, 11) is 1.54. The fourth-order valence-electron chi connectivity index (χ4n) is 1.12. The Morgan fingerprint density at radius 2 is 2.12 bits per heavy atom. The molecule has 1 heterocycles. The molecule has 0 radical (unpaired) electrons. The van der Waals surface area contributed by atoms with Gasteiger partial charge in [0.15, 0.2) is 5.54 Å². The van der Waals surface area contributed by atoms with E-state index in [0.717, 1.165) is 6.92 Å². The lowest BCUT2D eigenvalue weighted by atomic mass is 10.00. The summed E-state index contributed by atoms with van der Waals surface area (Å²) in [6.07, 6.45) is -4.11. The maximum Gasteiger partial charge on any atom is 0.411 e. The Morgan fingerprint density at radius 1 is 1.53 bits per heavy atom. The van der Waals surface area contributed by atoms with Gasteiger partial charge >= 0.3 is 6.18 Å². The number of ether oxygens (including phenoxy) is 1. The highest BCUT2D eigenvalue weighted by atomic mass is 32.1. The smallest absolute Gasteiger partial charge is 0.381 e. The quantitative estimate of drug-likeness (QED) is 0.912. The van der Waals surface area contributed by atoms with Crippen LogP contribution in [-0.2, 0) is 16.7 Å². The summed E-state index contributed by atoms with van der Waals surface area (Å²) in [6, 6.07) is 0. The van der Waals surface area contributed by atoms with Crippen molar-refractivity contribution in [1.29, 1.82) is 0 Å². The van der Waals surface area contributed by atoms with Crippen LogP contribution >= 0.6 is 11.3 Å². The van der Waals surface area contributed by atoms with Crippen LogP contribution in [0.4, 0.5) is 13.2 Å². The van der Waals surface area contributed by atoms with Gasteiger partial charge in [0.2, 0.25) is 0 Å². The number of rotatable bonds is 4. The standard InChI is InChI=1S/C10H15F3N2OS/c1-6(16-3)4-8-15-7(5-17-8)9(2,14)10(11,12)13/h5-6H,4,14H2,1-3H3. The van der Waals surface area contributed by atoms with Crippen molar-refractivity contribution in [3.05, 3.63) is 16.1 Å². The third-order valence-corrected chi connectivity index (χ3v) is 3.41. The molecule has 2 unspecified atom stereocenters. The van der Waals surface area contributed by atoms with Gasteiger partial charge in [-0.2, -0.15) is 13.2 Å². The molecule has 0 saturated carbocycles. The Balaban J connectivity index is 2.88. The molecule has 1 aromatic rings. The second kappa shape index (κ2) is 4.91. The minimum atomic E-state index is -4.51. The number of nitrogens with two attached hydrogens (primary N) is 1. The van der Waals surface area contributed by atoms with Crippen LogP contribution in [0.25, 0.3) is 0 Å². The zero-order chi connectivity index (χ0) is 13.3. The van der Waals surface area contributed by atoms with Gasteiger partial charge in [-0.3, -0.25) is 0 Å². The van der Waals surface area contributed by atoms with Gasteiger partial charge in [0.1, 0.15) is 0 Å². The highest BCUT2D eigenvalue weighted by Gasteiger charge is 2.50. The molecule has 2 N–H and O–H groups in total. The van der Waals surface area contributed by atoms with E-state index in [1.165, 1.54) is 16.7 Å². The van der Waals surface area contributed by atoms with Crippen molar-refractivity contribution in [3.63, 3.8) is 0 Å². The van der Waals surface area contributed by atoms with E-state index in [2.05, 4.69) is 4.98 Å². The fourth-order valence-corrected chi connectivity index (χ4v) is 2.14. The monoisotopic (exact) mass is 268 g/mol. The highest BCUT2D eigenvalue weighted by molar-refractivity contribution is 7.09. The molecule has 0 saturated heterocycles. The number of nitrogens with zero attached hydrogens (tertiary/aromatic N) is 1. The molecule has 1 rings (SSSR count). The minimum Gasteiger partial charge on any atom is -0.381 e. The molecule has 2 atom stereocenters. The van der Waals surface area contributed by atoms with Gasteiger partial charge in [0.25, 0.3) is 0 Å². The van der Waals surface area contributed by atoms with E-state index >= 15 is 0 Å². The van der Waals surface area contributed by atoms with Gasteiger partial charge in [-0.15, -0.1) is 11.3 Å². The number of halogens is 3. The minimum absolute atomic E-state index is 0.0797. The highest BCUT2D eigenvalue weighted by Crippen LogP contribution is 2.36. The lowest BCUT2D eigenvalue weighted by Crippen LogP contribution is -2.48. The van der Waals surface area contributed by atoms with Crippen LogP contribution in [0.2, 0.25) is 0 Å². The van der Waals surface area contributed by atoms with Crippen molar-refractivity contribution in [2.75, 3.05) is 7.11 Å². The second-order valence-corrected chi connectivity index (χ2v) is 5.02. The molecule has 0 aliphatic rings. The Morgan fingerprint density at radius 3 is 2.59 bits per heavy atom. The zero-order valence-electron chi connectivity index (χ0n) is 9.84. The normalized spacial score (nSPS) is 17.8. The summed E-state index contributed by atoms with van der Waals surface area (Å²) in [4.78, 5) is 3.93. The van der Waals surface area contributed by atoms with E-state index in [1.54, 1.807) is 7.11 Å². The Hall–Kier alpha value is -0.660. The summed E-state index contributed by atoms with van der Waals surface area (Å²) in [5.74, 6) is 0. The first-order valence-electron chi connectivity index (χ1n) is 5.01. The molecule has 1 aromatic heterocycles. The summed E-state index contributed by atoms with van der Waals surface area (Å²) < 4.78 is 43.0. The van der Waals surface area contributed by atoms with Crippen LogP contribution in [0.5, 0.6) is 0 Å². The first-order valence-corrected chi connectivity index (χ1v) is 5.89. The summed E-state index contributed by atoms with van der Waals surface area (Å²) in [6.45, 7) is 2.75. The first kappa shape index (κ1) is 14.4. The number of hydrogen-bond donors (Lipinski definition) is 1. The zero-order valence-corrected chi connectivity index (χ0v) is 10.7. The van der Waals surface area contributed by atoms with Crippen LogP contribution < -0.4 is 5.73 Å². The van der Waals surface area contributed by atoms with Crippen molar-refractivity contribution in [2.45, 2.75) is 38.1 Å². The first-order chi connectivity index (χ1) is 7.68. The van der Waals surface area contributed by atoms with Crippen LogP contribution in [0, 0.1) is 0 Å². The van der Waals surface area contributed by atoms with Crippen LogP contribution in [0.3, 0.4) is 0 Å². The van der Waals surface area contributed by atoms with Crippen LogP contribution in [0.15, 0.2) is 5.38 Å². The predicted molar refractivity (Wildman–Crippen MR) is 59.9 cm³/mol. The van der Waals surface area contributed by atoms with Crippen molar-refractivity contribution in [1.82, 2.24) is 4.98 Å². The van der Waals surface area contributed by atoms with E-state index in [4.69, 9.17) is 10.5 Å². The van der Waals surface area contributed by atoms with Crippen molar-refractivity contribution < 1.29 is 17.9 Å². The lowest BCUT2D eigenvalue weighted by Gasteiger charge is -2.25. The Kier molecular flexibility index (Phi) is 4.16.